The molecule has 1 unspecified atom stereocenters. The first kappa shape index (κ1) is 16.9. The molecule has 1 atom stereocenters. The van der Waals surface area contributed by atoms with Crippen LogP contribution in [-0.4, -0.2) is 48.2 Å². The molecule has 0 aliphatic carbocycles. The van der Waals surface area contributed by atoms with Gasteiger partial charge >= 0.3 is 0 Å². The summed E-state index contributed by atoms with van der Waals surface area (Å²) in [5.41, 5.74) is 1.06. The average molecular weight is 368 g/mol. The molecule has 0 bridgehead atoms. The first-order valence-electron chi connectivity index (χ1n) is 7.54. The summed E-state index contributed by atoms with van der Waals surface area (Å²) in [5, 5.41) is 11.8. The fourth-order valence-electron chi connectivity index (χ4n) is 2.57. The number of hydrogen-bond donors (Lipinski definition) is 1. The molecule has 2 aromatic rings. The van der Waals surface area contributed by atoms with E-state index >= 15 is 0 Å². The molecule has 7 nitrogen and oxygen atoms in total. The molecule has 24 heavy (non-hydrogen) atoms. The topological polar surface area (TPSA) is 88.1 Å². The van der Waals surface area contributed by atoms with Crippen LogP contribution in [0.2, 0.25) is 5.02 Å². The third-order valence-electron chi connectivity index (χ3n) is 4.01. The van der Waals surface area contributed by atoms with Crippen molar-refractivity contribution in [1.29, 1.82) is 0 Å². The largest absolute Gasteiger partial charge is 0.365 e. The van der Waals surface area contributed by atoms with Gasteiger partial charge in [-0.1, -0.05) is 23.7 Å². The average Bonchev–Trinajstić information content (AvgIpc) is 2.94. The highest BCUT2D eigenvalue weighted by molar-refractivity contribution is 7.91. The van der Waals surface area contributed by atoms with Gasteiger partial charge in [0.25, 0.3) is 0 Å². The Morgan fingerprint density at radius 3 is 2.75 bits per heavy atom. The lowest BCUT2D eigenvalue weighted by Gasteiger charge is -2.22. The second-order valence-corrected chi connectivity index (χ2v) is 8.45. The van der Waals surface area contributed by atoms with Gasteiger partial charge in [-0.05, 0) is 24.1 Å². The Bertz CT molecular complexity index is 813. The third kappa shape index (κ3) is 4.12. The Hall–Kier alpha value is -1.93. The predicted octanol–water partition coefficient (Wildman–Crippen LogP) is 1.76. The molecule has 0 saturated carbocycles. The normalized spacial score (nSPS) is 19.2. The van der Waals surface area contributed by atoms with E-state index in [1.54, 1.807) is 18.1 Å². The molecule has 0 amide bonds. The van der Waals surface area contributed by atoms with Gasteiger partial charge in [0.05, 0.1) is 17.7 Å². The van der Waals surface area contributed by atoms with Crippen LogP contribution in [0.5, 0.6) is 0 Å². The molecule has 1 fully saturated rings. The van der Waals surface area contributed by atoms with Crippen LogP contribution in [-0.2, 0) is 16.4 Å². The second kappa shape index (κ2) is 6.90. The van der Waals surface area contributed by atoms with Crippen molar-refractivity contribution in [3.63, 3.8) is 0 Å². The van der Waals surface area contributed by atoms with E-state index in [0.717, 1.165) is 5.56 Å². The van der Waals surface area contributed by atoms with Crippen LogP contribution < -0.4 is 10.2 Å². The van der Waals surface area contributed by atoms with Crippen molar-refractivity contribution in [3.8, 4) is 0 Å². The molecule has 128 valence electrons. The molecule has 1 aliphatic heterocycles. The van der Waals surface area contributed by atoms with E-state index in [-0.39, 0.29) is 17.5 Å². The Balaban J connectivity index is 1.66. The van der Waals surface area contributed by atoms with Crippen molar-refractivity contribution in [2.24, 2.45) is 0 Å². The highest BCUT2D eigenvalue weighted by Crippen LogP contribution is 2.20. The van der Waals surface area contributed by atoms with E-state index < -0.39 is 9.84 Å². The number of aromatic nitrogens is 3. The zero-order valence-electron chi connectivity index (χ0n) is 13.2. The number of nitrogens with one attached hydrogen (secondary N) is 1. The van der Waals surface area contributed by atoms with E-state index in [1.165, 1.54) is 0 Å². The van der Waals surface area contributed by atoms with Gasteiger partial charge in [-0.25, -0.2) is 8.42 Å². The smallest absolute Gasteiger partial charge is 0.247 e. The molecule has 0 radical (unpaired) electrons. The van der Waals surface area contributed by atoms with Gasteiger partial charge in [-0.3, -0.25) is 0 Å². The first-order valence-corrected chi connectivity index (χ1v) is 9.74. The van der Waals surface area contributed by atoms with E-state index in [1.807, 2.05) is 24.3 Å². The maximum Gasteiger partial charge on any atom is 0.247 e. The Morgan fingerprint density at radius 1 is 1.33 bits per heavy atom. The molecule has 1 aromatic carbocycles. The van der Waals surface area contributed by atoms with Gasteiger partial charge in [0.2, 0.25) is 5.95 Å². The molecule has 2 heterocycles. The lowest BCUT2D eigenvalue weighted by molar-refractivity contribution is 0.600. The summed E-state index contributed by atoms with van der Waals surface area (Å²) in [7, 11) is -1.16. The summed E-state index contributed by atoms with van der Waals surface area (Å²) in [6.45, 7) is 0.580. The van der Waals surface area contributed by atoms with Crippen LogP contribution in [0.3, 0.4) is 0 Å². The maximum atomic E-state index is 11.6. The number of hydrogen-bond acceptors (Lipinski definition) is 7. The van der Waals surface area contributed by atoms with Crippen LogP contribution in [0, 0.1) is 0 Å². The van der Waals surface area contributed by atoms with Gasteiger partial charge < -0.3 is 10.2 Å². The second-order valence-electron chi connectivity index (χ2n) is 5.79. The van der Waals surface area contributed by atoms with Crippen molar-refractivity contribution in [3.05, 3.63) is 41.0 Å². The van der Waals surface area contributed by atoms with Crippen LogP contribution in [0.25, 0.3) is 0 Å². The van der Waals surface area contributed by atoms with Crippen molar-refractivity contribution in [2.75, 3.05) is 28.8 Å². The number of nitrogens with zero attached hydrogens (tertiary/aromatic N) is 4. The zero-order valence-corrected chi connectivity index (χ0v) is 14.8. The molecule has 1 aliphatic rings. The highest BCUT2D eigenvalue weighted by Gasteiger charge is 2.31. The molecule has 0 spiro atoms. The standard InChI is InChI=1S/C15H18ClN5O2S/c1-21(13-6-7-24(22,23)10-13)15-19-14(9-18-20-15)17-8-11-2-4-12(16)5-3-11/h2-5,9,13H,6-8,10H2,1H3,(H,17,19,20). The molecule has 3 rings (SSSR count). The van der Waals surface area contributed by atoms with Crippen LogP contribution in [0.4, 0.5) is 11.8 Å². The van der Waals surface area contributed by atoms with Crippen molar-refractivity contribution >= 4 is 33.2 Å². The fourth-order valence-corrected chi connectivity index (χ4v) is 4.47. The van der Waals surface area contributed by atoms with Gasteiger partial charge in [-0.15, -0.1) is 5.10 Å². The first-order chi connectivity index (χ1) is 11.4. The summed E-state index contributed by atoms with van der Waals surface area (Å²) >= 11 is 5.87. The van der Waals surface area contributed by atoms with Gasteiger partial charge in [0.15, 0.2) is 15.7 Å². The molecular formula is C15H18ClN5O2S. The number of rotatable bonds is 5. The lowest BCUT2D eigenvalue weighted by atomic mass is 10.2. The monoisotopic (exact) mass is 367 g/mol. The zero-order chi connectivity index (χ0) is 17.2. The Kier molecular flexibility index (Phi) is 4.86. The van der Waals surface area contributed by atoms with Gasteiger partial charge in [0.1, 0.15) is 0 Å². The molecule has 9 heteroatoms. The molecule has 1 saturated heterocycles. The minimum absolute atomic E-state index is 0.108. The summed E-state index contributed by atoms with van der Waals surface area (Å²) in [4.78, 5) is 6.20. The fraction of sp³-hybridized carbons (Fsp3) is 0.400. The van der Waals surface area contributed by atoms with E-state index in [2.05, 4.69) is 20.5 Å². The van der Waals surface area contributed by atoms with Crippen molar-refractivity contribution < 1.29 is 8.42 Å². The van der Waals surface area contributed by atoms with Crippen molar-refractivity contribution in [1.82, 2.24) is 15.2 Å². The van der Waals surface area contributed by atoms with Crippen molar-refractivity contribution in [2.45, 2.75) is 19.0 Å². The van der Waals surface area contributed by atoms with Crippen LogP contribution in [0.15, 0.2) is 30.5 Å². The van der Waals surface area contributed by atoms with Gasteiger partial charge in [0, 0.05) is 24.7 Å². The number of halogens is 1. The summed E-state index contributed by atoms with van der Waals surface area (Å²) < 4.78 is 23.2. The molecular weight excluding hydrogens is 350 g/mol. The molecule has 1 N–H and O–H groups in total. The van der Waals surface area contributed by atoms with Crippen LogP contribution >= 0.6 is 11.6 Å². The predicted molar refractivity (Wildman–Crippen MR) is 94.1 cm³/mol. The number of benzene rings is 1. The van der Waals surface area contributed by atoms with E-state index in [9.17, 15) is 8.42 Å². The SMILES string of the molecule is CN(c1nncc(NCc2ccc(Cl)cc2)n1)C1CCS(=O)(=O)C1. The van der Waals surface area contributed by atoms with Crippen LogP contribution in [0.1, 0.15) is 12.0 Å². The summed E-state index contributed by atoms with van der Waals surface area (Å²) in [5.74, 6) is 1.35. The minimum Gasteiger partial charge on any atom is -0.365 e. The minimum atomic E-state index is -2.95. The van der Waals surface area contributed by atoms with E-state index in [0.29, 0.717) is 29.8 Å². The Morgan fingerprint density at radius 2 is 2.08 bits per heavy atom. The molecule has 1 aromatic heterocycles. The number of sulfone groups is 1. The lowest BCUT2D eigenvalue weighted by Crippen LogP contribution is -2.34. The Labute approximate surface area is 146 Å². The quantitative estimate of drug-likeness (QED) is 0.861. The summed E-state index contributed by atoms with van der Waals surface area (Å²) in [6, 6.07) is 7.41. The van der Waals surface area contributed by atoms with Gasteiger partial charge in [-0.2, -0.15) is 10.1 Å². The highest BCUT2D eigenvalue weighted by atomic mass is 35.5. The van der Waals surface area contributed by atoms with E-state index in [4.69, 9.17) is 11.6 Å². The number of anilines is 2. The third-order valence-corrected chi connectivity index (χ3v) is 6.01. The maximum absolute atomic E-state index is 11.6. The summed E-state index contributed by atoms with van der Waals surface area (Å²) in [6.07, 6.45) is 2.13.